The Hall–Kier alpha value is -3.29. The molecule has 0 aliphatic heterocycles. The summed E-state index contributed by atoms with van der Waals surface area (Å²) in [5, 5.41) is 4.48. The van der Waals surface area contributed by atoms with Crippen LogP contribution in [0.15, 0.2) is 40.1 Å². The van der Waals surface area contributed by atoms with Crippen LogP contribution in [0.3, 0.4) is 0 Å². The standard InChI is InChI=1S/C18H20N6O2/c1-22-14-15(23(2)18(26)24(3)16(14)25)21-17(22)19-9-8-11-10-20-13-7-5-4-6-12(11)13/h4-7,10,20H,8-9H2,1-3H3,(H,19,21). The third-order valence-corrected chi connectivity index (χ3v) is 4.83. The number of rotatable bonds is 4. The van der Waals surface area contributed by atoms with E-state index in [-0.39, 0.29) is 11.2 Å². The summed E-state index contributed by atoms with van der Waals surface area (Å²) >= 11 is 0. The SMILES string of the molecule is Cn1c(=O)c2c(nc(NCCc3c[nH]c4ccccc34)n2C)n(C)c1=O. The molecule has 0 radical (unpaired) electrons. The van der Waals surface area contributed by atoms with Crippen LogP contribution in [-0.4, -0.2) is 30.2 Å². The number of aromatic amines is 1. The second kappa shape index (κ2) is 5.91. The van der Waals surface area contributed by atoms with Crippen molar-refractivity contribution in [2.24, 2.45) is 21.1 Å². The molecule has 0 aliphatic carbocycles. The van der Waals surface area contributed by atoms with Gasteiger partial charge in [-0.15, -0.1) is 0 Å². The molecule has 8 nitrogen and oxygen atoms in total. The summed E-state index contributed by atoms with van der Waals surface area (Å²) in [6.45, 7) is 0.660. The summed E-state index contributed by atoms with van der Waals surface area (Å²) in [5.74, 6) is 0.568. The first-order valence-corrected chi connectivity index (χ1v) is 8.40. The number of hydrogen-bond donors (Lipinski definition) is 2. The molecule has 0 saturated heterocycles. The van der Waals surface area contributed by atoms with E-state index in [2.05, 4.69) is 21.4 Å². The first-order valence-electron chi connectivity index (χ1n) is 8.40. The van der Waals surface area contributed by atoms with Crippen molar-refractivity contribution < 1.29 is 0 Å². The molecule has 26 heavy (non-hydrogen) atoms. The fraction of sp³-hybridized carbons (Fsp3) is 0.278. The molecule has 0 unspecified atom stereocenters. The molecule has 0 amide bonds. The van der Waals surface area contributed by atoms with Crippen molar-refractivity contribution in [1.82, 2.24) is 23.7 Å². The van der Waals surface area contributed by atoms with Crippen LogP contribution in [0.1, 0.15) is 5.56 Å². The molecule has 8 heteroatoms. The average molecular weight is 352 g/mol. The highest BCUT2D eigenvalue weighted by atomic mass is 16.2. The maximum absolute atomic E-state index is 12.4. The first kappa shape index (κ1) is 16.2. The van der Waals surface area contributed by atoms with Crippen molar-refractivity contribution in [3.05, 3.63) is 56.9 Å². The molecule has 0 bridgehead atoms. The molecule has 0 saturated carbocycles. The number of fused-ring (bicyclic) bond motifs is 2. The largest absolute Gasteiger partial charge is 0.361 e. The third kappa shape index (κ3) is 2.33. The van der Waals surface area contributed by atoms with Gasteiger partial charge in [-0.1, -0.05) is 18.2 Å². The van der Waals surface area contributed by atoms with E-state index in [4.69, 9.17) is 0 Å². The predicted molar refractivity (Wildman–Crippen MR) is 102 cm³/mol. The Bertz CT molecular complexity index is 1240. The van der Waals surface area contributed by atoms with Gasteiger partial charge in [-0.05, 0) is 18.1 Å². The lowest BCUT2D eigenvalue weighted by Gasteiger charge is -2.06. The van der Waals surface area contributed by atoms with Crippen molar-refractivity contribution in [1.29, 1.82) is 0 Å². The Kier molecular flexibility index (Phi) is 3.68. The number of imidazole rings is 1. The third-order valence-electron chi connectivity index (χ3n) is 4.83. The highest BCUT2D eigenvalue weighted by Crippen LogP contribution is 2.18. The van der Waals surface area contributed by atoms with Gasteiger partial charge in [0.05, 0.1) is 0 Å². The maximum Gasteiger partial charge on any atom is 0.332 e. The van der Waals surface area contributed by atoms with Crippen LogP contribution in [-0.2, 0) is 27.6 Å². The van der Waals surface area contributed by atoms with E-state index in [9.17, 15) is 9.59 Å². The Balaban J connectivity index is 1.63. The number of aryl methyl sites for hydroxylation is 2. The summed E-state index contributed by atoms with van der Waals surface area (Å²) in [7, 11) is 4.86. The molecule has 4 rings (SSSR count). The van der Waals surface area contributed by atoms with Crippen molar-refractivity contribution >= 4 is 28.0 Å². The Labute approximate surface area is 148 Å². The van der Waals surface area contributed by atoms with Gasteiger partial charge in [0.2, 0.25) is 5.95 Å². The van der Waals surface area contributed by atoms with Crippen LogP contribution in [0.4, 0.5) is 5.95 Å². The van der Waals surface area contributed by atoms with E-state index < -0.39 is 0 Å². The van der Waals surface area contributed by atoms with E-state index >= 15 is 0 Å². The quantitative estimate of drug-likeness (QED) is 0.576. The van der Waals surface area contributed by atoms with Crippen molar-refractivity contribution in [3.63, 3.8) is 0 Å². The molecule has 3 heterocycles. The number of anilines is 1. The molecule has 3 aromatic heterocycles. The number of para-hydroxylation sites is 1. The second-order valence-electron chi connectivity index (χ2n) is 6.41. The first-order chi connectivity index (χ1) is 12.5. The Morgan fingerprint density at radius 2 is 1.85 bits per heavy atom. The summed E-state index contributed by atoms with van der Waals surface area (Å²) in [5.41, 5.74) is 2.40. The van der Waals surface area contributed by atoms with Crippen molar-refractivity contribution in [3.8, 4) is 0 Å². The van der Waals surface area contributed by atoms with Gasteiger partial charge >= 0.3 is 5.69 Å². The number of aromatic nitrogens is 5. The van der Waals surface area contributed by atoms with Gasteiger partial charge < -0.3 is 14.9 Å². The van der Waals surface area contributed by atoms with Crippen molar-refractivity contribution in [2.45, 2.75) is 6.42 Å². The lowest BCUT2D eigenvalue weighted by molar-refractivity contribution is 0.705. The zero-order chi connectivity index (χ0) is 18.4. The number of nitrogens with one attached hydrogen (secondary N) is 2. The topological polar surface area (TPSA) is 89.6 Å². The zero-order valence-corrected chi connectivity index (χ0v) is 14.9. The molecule has 0 spiro atoms. The van der Waals surface area contributed by atoms with E-state index in [1.807, 2.05) is 24.4 Å². The highest BCUT2D eigenvalue weighted by Gasteiger charge is 2.16. The molecule has 1 aromatic carbocycles. The van der Waals surface area contributed by atoms with Gasteiger partial charge in [0, 0.05) is 44.8 Å². The second-order valence-corrected chi connectivity index (χ2v) is 6.41. The average Bonchev–Trinajstić information content (AvgIpc) is 3.20. The van der Waals surface area contributed by atoms with Gasteiger partial charge in [0.15, 0.2) is 11.2 Å². The number of hydrogen-bond acceptors (Lipinski definition) is 4. The Morgan fingerprint density at radius 1 is 1.08 bits per heavy atom. The molecule has 0 fully saturated rings. The molecule has 4 aromatic rings. The molecule has 0 atom stereocenters. The minimum Gasteiger partial charge on any atom is -0.361 e. The van der Waals surface area contributed by atoms with Gasteiger partial charge in [-0.3, -0.25) is 13.9 Å². The summed E-state index contributed by atoms with van der Waals surface area (Å²) in [4.78, 5) is 32.2. The minimum atomic E-state index is -0.383. The van der Waals surface area contributed by atoms with Gasteiger partial charge in [0.1, 0.15) is 0 Å². The smallest absolute Gasteiger partial charge is 0.332 e. The minimum absolute atomic E-state index is 0.345. The lowest BCUT2D eigenvalue weighted by Crippen LogP contribution is -2.37. The van der Waals surface area contributed by atoms with Gasteiger partial charge in [-0.25, -0.2) is 4.79 Å². The van der Waals surface area contributed by atoms with E-state index in [1.54, 1.807) is 18.7 Å². The Morgan fingerprint density at radius 3 is 2.65 bits per heavy atom. The highest BCUT2D eigenvalue weighted by molar-refractivity contribution is 5.83. The van der Waals surface area contributed by atoms with Crippen LogP contribution >= 0.6 is 0 Å². The maximum atomic E-state index is 12.4. The van der Waals surface area contributed by atoms with Gasteiger partial charge in [0.25, 0.3) is 5.56 Å². The van der Waals surface area contributed by atoms with Crippen LogP contribution in [0.2, 0.25) is 0 Å². The predicted octanol–water partition coefficient (Wildman–Crippen LogP) is 1.11. The van der Waals surface area contributed by atoms with E-state index in [0.717, 1.165) is 16.5 Å². The normalized spacial score (nSPS) is 11.5. The summed E-state index contributed by atoms with van der Waals surface area (Å²) in [6.07, 6.45) is 2.82. The fourth-order valence-electron chi connectivity index (χ4n) is 3.32. The zero-order valence-electron chi connectivity index (χ0n) is 14.9. The molecule has 2 N–H and O–H groups in total. The molecular weight excluding hydrogens is 332 g/mol. The molecule has 134 valence electrons. The fourth-order valence-corrected chi connectivity index (χ4v) is 3.32. The summed E-state index contributed by atoms with van der Waals surface area (Å²) < 4.78 is 4.19. The van der Waals surface area contributed by atoms with Crippen LogP contribution < -0.4 is 16.6 Å². The van der Waals surface area contributed by atoms with Gasteiger partial charge in [-0.2, -0.15) is 4.98 Å². The van der Waals surface area contributed by atoms with E-state index in [1.165, 1.54) is 22.6 Å². The summed E-state index contributed by atoms with van der Waals surface area (Å²) in [6, 6.07) is 8.17. The molecular formula is C18H20N6O2. The number of benzene rings is 1. The van der Waals surface area contributed by atoms with E-state index in [0.29, 0.717) is 23.7 Å². The number of H-pyrrole nitrogens is 1. The lowest BCUT2D eigenvalue weighted by atomic mass is 10.1. The monoisotopic (exact) mass is 352 g/mol. The number of nitrogens with zero attached hydrogens (tertiary/aromatic N) is 4. The van der Waals surface area contributed by atoms with Crippen LogP contribution in [0.25, 0.3) is 22.1 Å². The van der Waals surface area contributed by atoms with Crippen LogP contribution in [0.5, 0.6) is 0 Å². The van der Waals surface area contributed by atoms with Crippen LogP contribution in [0, 0.1) is 0 Å². The molecule has 0 aliphatic rings. The van der Waals surface area contributed by atoms with Crippen molar-refractivity contribution in [2.75, 3.05) is 11.9 Å².